The molecule has 1 rings (SSSR count). The van der Waals surface area contributed by atoms with E-state index in [2.05, 4.69) is 11.6 Å². The summed E-state index contributed by atoms with van der Waals surface area (Å²) in [5.74, 6) is -47.2. The van der Waals surface area contributed by atoms with Crippen LogP contribution in [0.25, 0.3) is 0 Å². The summed E-state index contributed by atoms with van der Waals surface area (Å²) < 4.78 is 185. The van der Waals surface area contributed by atoms with Gasteiger partial charge in [0, 0.05) is 0 Å². The van der Waals surface area contributed by atoms with Crippen LogP contribution in [0.15, 0.2) is 9.59 Å². The van der Waals surface area contributed by atoms with Gasteiger partial charge in [0.25, 0.3) is 5.56 Å². The lowest BCUT2D eigenvalue weighted by Gasteiger charge is -2.41. The number of aromatic nitrogens is 3. The maximum atomic E-state index is 13.7. The van der Waals surface area contributed by atoms with Crippen molar-refractivity contribution in [2.24, 2.45) is 0 Å². The van der Waals surface area contributed by atoms with Gasteiger partial charge >= 0.3 is 46.6 Å². The maximum Gasteiger partial charge on any atom is 0.393 e. The third-order valence-electron chi connectivity index (χ3n) is 3.34. The smallest absolute Gasteiger partial charge is 0.271 e. The van der Waals surface area contributed by atoms with Gasteiger partial charge in [-0.2, -0.15) is 66.6 Å². The molecule has 20 heteroatoms. The third-order valence-corrected chi connectivity index (χ3v) is 3.57. The van der Waals surface area contributed by atoms with Crippen molar-refractivity contribution in [3.05, 3.63) is 26.5 Å². The molecule has 0 aliphatic rings. The van der Waals surface area contributed by atoms with Crippen molar-refractivity contribution >= 4 is 11.6 Å². The van der Waals surface area contributed by atoms with Gasteiger partial charge in [0.2, 0.25) is 5.69 Å². The highest BCUT2D eigenvalue weighted by atomic mass is 35.5. The molecule has 0 aromatic carbocycles. The largest absolute Gasteiger partial charge is 0.393 e. The standard InChI is InChI=1S/C10H2ClF14N3O2/c11-10(24,25)9(22,23)8(20,21)7(18,19)6(16,17)5(14,15)4(12,13)1-2(29)26-3(30)28-27-1/h(H2,26,28,29,30). The van der Waals surface area contributed by atoms with Gasteiger partial charge in [-0.1, -0.05) is 0 Å². The van der Waals surface area contributed by atoms with Crippen LogP contribution in [0.1, 0.15) is 5.69 Å². The van der Waals surface area contributed by atoms with E-state index in [0.717, 1.165) is 10.1 Å². The maximum absolute atomic E-state index is 13.7. The second-order valence-electron chi connectivity index (χ2n) is 5.30. The molecule has 0 aliphatic carbocycles. The zero-order valence-corrected chi connectivity index (χ0v) is 13.7. The van der Waals surface area contributed by atoms with Crippen LogP contribution in [0.2, 0.25) is 0 Å². The van der Waals surface area contributed by atoms with Gasteiger partial charge in [0.05, 0.1) is 0 Å². The number of rotatable bonds is 7. The van der Waals surface area contributed by atoms with Crippen molar-refractivity contribution < 1.29 is 61.5 Å². The molecule has 0 atom stereocenters. The third kappa shape index (κ3) is 3.20. The quantitative estimate of drug-likeness (QED) is 0.447. The molecule has 0 saturated carbocycles. The Morgan fingerprint density at radius 1 is 0.633 bits per heavy atom. The Balaban J connectivity index is 3.74. The number of nitrogens with zero attached hydrogens (tertiary/aromatic N) is 1. The number of halogens is 15. The Labute approximate surface area is 157 Å². The normalized spacial score (nSPS) is 15.4. The molecule has 0 fully saturated rings. The fourth-order valence-electron chi connectivity index (χ4n) is 1.68. The van der Waals surface area contributed by atoms with Crippen molar-refractivity contribution in [2.75, 3.05) is 0 Å². The summed E-state index contributed by atoms with van der Waals surface area (Å²) in [6.07, 6.45) is 0. The molecule has 1 heterocycles. The lowest BCUT2D eigenvalue weighted by atomic mass is 9.90. The molecule has 0 saturated heterocycles. The Morgan fingerprint density at radius 2 is 1.00 bits per heavy atom. The monoisotopic (exact) mass is 497 g/mol. The van der Waals surface area contributed by atoms with Crippen LogP contribution in [-0.4, -0.2) is 50.2 Å². The zero-order chi connectivity index (χ0) is 24.4. The highest BCUT2D eigenvalue weighted by molar-refractivity contribution is 6.22. The van der Waals surface area contributed by atoms with Crippen LogP contribution >= 0.6 is 11.6 Å². The predicted molar refractivity (Wildman–Crippen MR) is 64.9 cm³/mol. The van der Waals surface area contributed by atoms with Gasteiger partial charge in [-0.15, -0.1) is 0 Å². The minimum absolute atomic E-state index is 0.722. The van der Waals surface area contributed by atoms with Gasteiger partial charge in [0.1, 0.15) is 0 Å². The van der Waals surface area contributed by atoms with E-state index in [4.69, 9.17) is 0 Å². The number of aromatic amines is 2. The molecule has 174 valence electrons. The van der Waals surface area contributed by atoms with Gasteiger partial charge in [-0.3, -0.25) is 9.78 Å². The first-order valence-electron chi connectivity index (χ1n) is 6.44. The predicted octanol–water partition coefficient (Wildman–Crippen LogP) is 3.56. The van der Waals surface area contributed by atoms with Gasteiger partial charge in [-0.25, -0.2) is 9.89 Å². The molecule has 1 aromatic heterocycles. The average Bonchev–Trinajstić information content (AvgIpc) is 2.52. The molecule has 5 nitrogen and oxygen atoms in total. The first kappa shape index (κ1) is 26.0. The minimum atomic E-state index is -8.33. The van der Waals surface area contributed by atoms with Crippen LogP contribution < -0.4 is 11.2 Å². The number of nitrogens with one attached hydrogen (secondary N) is 2. The van der Waals surface area contributed by atoms with E-state index in [9.17, 15) is 71.1 Å². The topological polar surface area (TPSA) is 78.6 Å². The molecule has 30 heavy (non-hydrogen) atoms. The lowest BCUT2D eigenvalue weighted by Crippen LogP contribution is -2.72. The van der Waals surface area contributed by atoms with Crippen molar-refractivity contribution in [1.29, 1.82) is 0 Å². The summed E-state index contributed by atoms with van der Waals surface area (Å²) in [5.41, 5.74) is -7.65. The summed E-state index contributed by atoms with van der Waals surface area (Å²) >= 11 is 3.43. The number of hydrogen-bond acceptors (Lipinski definition) is 3. The first-order chi connectivity index (χ1) is 12.9. The molecule has 0 aliphatic heterocycles. The van der Waals surface area contributed by atoms with E-state index in [1.165, 1.54) is 0 Å². The van der Waals surface area contributed by atoms with Crippen LogP contribution in [0, 0.1) is 0 Å². The lowest BCUT2D eigenvalue weighted by molar-refractivity contribution is -0.437. The second-order valence-corrected chi connectivity index (χ2v) is 5.77. The molecule has 0 amide bonds. The van der Waals surface area contributed by atoms with Crippen LogP contribution in [0.5, 0.6) is 0 Å². The van der Waals surface area contributed by atoms with Crippen LogP contribution in [0.3, 0.4) is 0 Å². The average molecular weight is 498 g/mol. The van der Waals surface area contributed by atoms with Crippen LogP contribution in [-0.2, 0) is 5.92 Å². The number of alkyl halides is 15. The Bertz CT molecular complexity index is 918. The Morgan fingerprint density at radius 3 is 1.37 bits per heavy atom. The molecule has 0 unspecified atom stereocenters. The minimum Gasteiger partial charge on any atom is -0.271 e. The Hall–Kier alpha value is -2.08. The van der Waals surface area contributed by atoms with Crippen molar-refractivity contribution in [3.63, 3.8) is 0 Å². The molecule has 1 aromatic rings. The van der Waals surface area contributed by atoms with Gasteiger partial charge in [0.15, 0.2) is 0 Å². The van der Waals surface area contributed by atoms with E-state index >= 15 is 0 Å². The van der Waals surface area contributed by atoms with E-state index in [1.807, 2.05) is 5.10 Å². The molecule has 0 spiro atoms. The van der Waals surface area contributed by atoms with Crippen molar-refractivity contribution in [2.45, 2.75) is 40.9 Å². The number of hydrogen-bond donors (Lipinski definition) is 2. The SMILES string of the molecule is O=c1[nH]nc(C(F)(F)C(F)(F)C(F)(F)C(F)(F)C(F)(F)C(F)(F)C(F)(F)Cl)c(=O)[nH]1. The van der Waals surface area contributed by atoms with Gasteiger partial charge < -0.3 is 0 Å². The molecule has 2 N–H and O–H groups in total. The summed E-state index contributed by atoms with van der Waals surface area (Å²) in [5, 5.41) is -4.06. The summed E-state index contributed by atoms with van der Waals surface area (Å²) in [6.45, 7) is 0. The second kappa shape index (κ2) is 6.71. The molecule has 0 radical (unpaired) electrons. The highest BCUT2D eigenvalue weighted by Gasteiger charge is 2.93. The molecule has 0 bridgehead atoms. The fourth-order valence-corrected chi connectivity index (χ4v) is 1.79. The van der Waals surface area contributed by atoms with Crippen LogP contribution in [0.4, 0.5) is 61.5 Å². The molecular formula is C10H2ClF14N3O2. The zero-order valence-electron chi connectivity index (χ0n) is 12.9. The summed E-state index contributed by atoms with van der Waals surface area (Å²) in [7, 11) is 0. The van der Waals surface area contributed by atoms with Crippen molar-refractivity contribution in [3.8, 4) is 0 Å². The molecular weight excluding hydrogens is 496 g/mol. The summed E-state index contributed by atoms with van der Waals surface area (Å²) in [6, 6.07) is 0. The van der Waals surface area contributed by atoms with E-state index in [1.54, 1.807) is 0 Å². The van der Waals surface area contributed by atoms with E-state index in [-0.39, 0.29) is 0 Å². The Kier molecular flexibility index (Phi) is 5.80. The van der Waals surface area contributed by atoms with E-state index < -0.39 is 57.9 Å². The first-order valence-corrected chi connectivity index (χ1v) is 6.82. The van der Waals surface area contributed by atoms with E-state index in [0.29, 0.717) is 0 Å². The highest BCUT2D eigenvalue weighted by Crippen LogP contribution is 2.63. The number of H-pyrrole nitrogens is 2. The summed E-state index contributed by atoms with van der Waals surface area (Å²) in [4.78, 5) is 22.3. The van der Waals surface area contributed by atoms with Gasteiger partial charge in [-0.05, 0) is 11.6 Å². The van der Waals surface area contributed by atoms with Crippen molar-refractivity contribution in [1.82, 2.24) is 15.2 Å². The fraction of sp³-hybridized carbons (Fsp3) is 0.700.